The lowest BCUT2D eigenvalue weighted by molar-refractivity contribution is 1.47. The van der Waals surface area contributed by atoms with E-state index in [0.717, 1.165) is 0 Å². The first-order valence-corrected chi connectivity index (χ1v) is 5.74. The third-order valence-corrected chi connectivity index (χ3v) is 3.78. The number of hydrogen-bond donors (Lipinski definition) is 0. The van der Waals surface area contributed by atoms with Gasteiger partial charge in [0, 0.05) is 9.35 Å². The van der Waals surface area contributed by atoms with Crippen LogP contribution < -0.4 is 0 Å². The Morgan fingerprint density at radius 3 is 2.69 bits per heavy atom. The van der Waals surface area contributed by atoms with E-state index >= 15 is 0 Å². The molecule has 1 aromatic carbocycles. The number of hydrogen-bond acceptors (Lipinski definition) is 1. The van der Waals surface area contributed by atoms with Gasteiger partial charge in [0.05, 0.1) is 0 Å². The van der Waals surface area contributed by atoms with Gasteiger partial charge in [-0.15, -0.1) is 11.3 Å². The van der Waals surface area contributed by atoms with Crippen molar-refractivity contribution in [3.8, 4) is 10.4 Å². The van der Waals surface area contributed by atoms with Crippen LogP contribution in [0, 0.1) is 6.92 Å². The molecule has 0 fully saturated rings. The molecule has 0 bridgehead atoms. The molecule has 2 aromatic rings. The molecule has 66 valence electrons. The van der Waals surface area contributed by atoms with Gasteiger partial charge in [-0.05, 0) is 39.9 Å². The lowest BCUT2D eigenvalue weighted by atomic mass is 10.1. The first kappa shape index (κ1) is 8.97. The van der Waals surface area contributed by atoms with Crippen molar-refractivity contribution in [3.05, 3.63) is 45.7 Å². The molecule has 0 unspecified atom stereocenters. The molecule has 0 atom stereocenters. The SMILES string of the molecule is Cc1cccc(-c2sccc2Br)c1. The van der Waals surface area contributed by atoms with Crippen LogP contribution in [0.25, 0.3) is 10.4 Å². The number of aryl methyl sites for hydroxylation is 1. The van der Waals surface area contributed by atoms with E-state index in [1.54, 1.807) is 11.3 Å². The zero-order valence-electron chi connectivity index (χ0n) is 7.25. The normalized spacial score (nSPS) is 10.3. The number of thiophene rings is 1. The third kappa shape index (κ3) is 1.84. The molecule has 0 saturated carbocycles. The van der Waals surface area contributed by atoms with Crippen molar-refractivity contribution < 1.29 is 0 Å². The van der Waals surface area contributed by atoms with E-state index in [9.17, 15) is 0 Å². The van der Waals surface area contributed by atoms with Gasteiger partial charge in [-0.2, -0.15) is 0 Å². The lowest BCUT2D eigenvalue weighted by Crippen LogP contribution is -1.75. The minimum Gasteiger partial charge on any atom is -0.143 e. The Hall–Kier alpha value is -0.600. The predicted molar refractivity (Wildman–Crippen MR) is 62.2 cm³/mol. The number of rotatable bonds is 1. The molecule has 0 saturated heterocycles. The van der Waals surface area contributed by atoms with E-state index in [2.05, 4.69) is 58.6 Å². The van der Waals surface area contributed by atoms with Crippen LogP contribution >= 0.6 is 27.3 Å². The zero-order valence-corrected chi connectivity index (χ0v) is 9.65. The Bertz CT molecular complexity index is 418. The van der Waals surface area contributed by atoms with Crippen LogP contribution in [0.1, 0.15) is 5.56 Å². The van der Waals surface area contributed by atoms with Crippen LogP contribution in [-0.2, 0) is 0 Å². The van der Waals surface area contributed by atoms with Crippen LogP contribution in [0.2, 0.25) is 0 Å². The molecule has 1 aromatic heterocycles. The summed E-state index contributed by atoms with van der Waals surface area (Å²) in [5.41, 5.74) is 2.60. The van der Waals surface area contributed by atoms with E-state index in [-0.39, 0.29) is 0 Å². The van der Waals surface area contributed by atoms with Crippen LogP contribution in [-0.4, -0.2) is 0 Å². The minimum atomic E-state index is 1.18. The molecule has 1 heterocycles. The maximum Gasteiger partial charge on any atom is 0.0484 e. The molecule has 0 aliphatic heterocycles. The largest absolute Gasteiger partial charge is 0.143 e. The Morgan fingerprint density at radius 1 is 1.23 bits per heavy atom. The van der Waals surface area contributed by atoms with Gasteiger partial charge in [0.25, 0.3) is 0 Å². The van der Waals surface area contributed by atoms with Crippen molar-refractivity contribution in [2.24, 2.45) is 0 Å². The Labute approximate surface area is 90.4 Å². The summed E-state index contributed by atoms with van der Waals surface area (Å²) in [5, 5.41) is 2.10. The van der Waals surface area contributed by atoms with Crippen LogP contribution in [0.3, 0.4) is 0 Å². The van der Waals surface area contributed by atoms with Crippen LogP contribution in [0.5, 0.6) is 0 Å². The quantitative estimate of drug-likeness (QED) is 0.702. The Kier molecular flexibility index (Phi) is 2.51. The highest BCUT2D eigenvalue weighted by Gasteiger charge is 2.03. The van der Waals surface area contributed by atoms with Crippen LogP contribution in [0.4, 0.5) is 0 Å². The average Bonchev–Trinajstić information content (AvgIpc) is 2.51. The molecule has 0 aliphatic rings. The second kappa shape index (κ2) is 3.64. The predicted octanol–water partition coefficient (Wildman–Crippen LogP) is 4.49. The standard InChI is InChI=1S/C11H9BrS/c1-8-3-2-4-9(7-8)11-10(12)5-6-13-11/h2-7H,1H3. The Balaban J connectivity index is 2.53. The number of halogens is 1. The highest BCUT2D eigenvalue weighted by molar-refractivity contribution is 9.10. The summed E-state index contributed by atoms with van der Waals surface area (Å²) in [6.07, 6.45) is 0. The van der Waals surface area contributed by atoms with Crippen molar-refractivity contribution in [3.63, 3.8) is 0 Å². The second-order valence-corrected chi connectivity index (χ2v) is 4.74. The maximum atomic E-state index is 3.54. The number of benzene rings is 1. The van der Waals surface area contributed by atoms with Gasteiger partial charge >= 0.3 is 0 Å². The Morgan fingerprint density at radius 2 is 2.08 bits per heavy atom. The van der Waals surface area contributed by atoms with Gasteiger partial charge in [-0.3, -0.25) is 0 Å². The highest BCUT2D eigenvalue weighted by Crippen LogP contribution is 2.33. The van der Waals surface area contributed by atoms with Crippen molar-refractivity contribution in [1.29, 1.82) is 0 Å². The van der Waals surface area contributed by atoms with Gasteiger partial charge in [-0.25, -0.2) is 0 Å². The smallest absolute Gasteiger partial charge is 0.0484 e. The van der Waals surface area contributed by atoms with Gasteiger partial charge in [-0.1, -0.05) is 29.8 Å². The average molecular weight is 253 g/mol. The lowest BCUT2D eigenvalue weighted by Gasteiger charge is -1.99. The molecular weight excluding hydrogens is 244 g/mol. The highest BCUT2D eigenvalue weighted by atomic mass is 79.9. The van der Waals surface area contributed by atoms with Crippen LogP contribution in [0.15, 0.2) is 40.2 Å². The molecule has 2 heteroatoms. The van der Waals surface area contributed by atoms with E-state index in [4.69, 9.17) is 0 Å². The monoisotopic (exact) mass is 252 g/mol. The molecule has 0 aliphatic carbocycles. The molecule has 0 nitrogen and oxygen atoms in total. The molecule has 0 spiro atoms. The molecule has 2 rings (SSSR count). The summed E-state index contributed by atoms with van der Waals surface area (Å²) in [4.78, 5) is 1.31. The molecule has 13 heavy (non-hydrogen) atoms. The fourth-order valence-corrected chi connectivity index (χ4v) is 2.89. The zero-order chi connectivity index (χ0) is 9.26. The van der Waals surface area contributed by atoms with E-state index in [1.807, 2.05) is 0 Å². The first-order chi connectivity index (χ1) is 6.27. The van der Waals surface area contributed by atoms with Crippen molar-refractivity contribution in [2.45, 2.75) is 6.92 Å². The topological polar surface area (TPSA) is 0 Å². The minimum absolute atomic E-state index is 1.18. The first-order valence-electron chi connectivity index (χ1n) is 4.07. The van der Waals surface area contributed by atoms with Gasteiger partial charge in [0.2, 0.25) is 0 Å². The van der Waals surface area contributed by atoms with Gasteiger partial charge in [0.15, 0.2) is 0 Å². The summed E-state index contributed by atoms with van der Waals surface area (Å²) in [6, 6.07) is 10.6. The molecule has 0 radical (unpaired) electrons. The molecule has 0 N–H and O–H groups in total. The molecular formula is C11H9BrS. The summed E-state index contributed by atoms with van der Waals surface area (Å²) >= 11 is 5.30. The van der Waals surface area contributed by atoms with Crippen molar-refractivity contribution in [1.82, 2.24) is 0 Å². The fourth-order valence-electron chi connectivity index (χ4n) is 1.29. The second-order valence-electron chi connectivity index (χ2n) is 2.97. The van der Waals surface area contributed by atoms with E-state index < -0.39 is 0 Å². The van der Waals surface area contributed by atoms with Gasteiger partial charge < -0.3 is 0 Å². The van der Waals surface area contributed by atoms with E-state index in [1.165, 1.54) is 20.5 Å². The van der Waals surface area contributed by atoms with Crippen molar-refractivity contribution >= 4 is 27.3 Å². The summed E-state index contributed by atoms with van der Waals surface area (Å²) in [6.45, 7) is 2.12. The summed E-state index contributed by atoms with van der Waals surface area (Å²) < 4.78 is 1.18. The molecule has 0 amide bonds. The summed E-state index contributed by atoms with van der Waals surface area (Å²) in [5.74, 6) is 0. The van der Waals surface area contributed by atoms with Gasteiger partial charge in [0.1, 0.15) is 0 Å². The van der Waals surface area contributed by atoms with E-state index in [0.29, 0.717) is 0 Å². The fraction of sp³-hybridized carbons (Fsp3) is 0.0909. The third-order valence-electron chi connectivity index (χ3n) is 1.90. The van der Waals surface area contributed by atoms with Crippen molar-refractivity contribution in [2.75, 3.05) is 0 Å². The maximum absolute atomic E-state index is 3.54. The summed E-state index contributed by atoms with van der Waals surface area (Å²) in [7, 11) is 0.